The molecule has 0 saturated carbocycles. The van der Waals surface area contributed by atoms with Crippen molar-refractivity contribution >= 4 is 17.4 Å². The summed E-state index contributed by atoms with van der Waals surface area (Å²) in [6.45, 7) is 4.18. The Kier molecular flexibility index (Phi) is 6.66. The number of hydrogen-bond donors (Lipinski definition) is 1. The third-order valence-electron chi connectivity index (χ3n) is 3.68. The van der Waals surface area contributed by atoms with E-state index in [9.17, 15) is 4.39 Å². The Hall–Kier alpha value is -0.740. The van der Waals surface area contributed by atoms with Crippen LogP contribution in [0, 0.1) is 5.82 Å². The van der Waals surface area contributed by atoms with Gasteiger partial charge < -0.3 is 10.2 Å². The zero-order valence-electron chi connectivity index (χ0n) is 12.5. The molecule has 0 radical (unpaired) electrons. The standard InChI is InChI=1S/C15H25FN2S/c1-11(9-10-19-5)18(4)14-8-6-7-13(16)15(14)12(2)17-3/h6-8,11-12,17H,9-10H2,1-5H3. The summed E-state index contributed by atoms with van der Waals surface area (Å²) < 4.78 is 14.1. The van der Waals surface area contributed by atoms with Crippen LogP contribution >= 0.6 is 11.8 Å². The number of halogens is 1. The Labute approximate surface area is 120 Å². The zero-order valence-corrected chi connectivity index (χ0v) is 13.4. The average Bonchev–Trinajstić information content (AvgIpc) is 2.42. The van der Waals surface area contributed by atoms with Crippen LogP contribution in [0.5, 0.6) is 0 Å². The van der Waals surface area contributed by atoms with E-state index in [0.29, 0.717) is 6.04 Å². The Morgan fingerprint density at radius 3 is 2.63 bits per heavy atom. The van der Waals surface area contributed by atoms with E-state index < -0.39 is 0 Å². The maximum absolute atomic E-state index is 14.1. The smallest absolute Gasteiger partial charge is 0.130 e. The fraction of sp³-hybridized carbons (Fsp3) is 0.600. The first-order valence-electron chi connectivity index (χ1n) is 6.70. The summed E-state index contributed by atoms with van der Waals surface area (Å²) >= 11 is 1.85. The van der Waals surface area contributed by atoms with E-state index in [1.165, 1.54) is 6.07 Å². The van der Waals surface area contributed by atoms with E-state index in [2.05, 4.69) is 23.4 Å². The van der Waals surface area contributed by atoms with E-state index in [0.717, 1.165) is 23.4 Å². The minimum atomic E-state index is -0.136. The number of anilines is 1. The van der Waals surface area contributed by atoms with Crippen LogP contribution in [-0.4, -0.2) is 32.1 Å². The van der Waals surface area contributed by atoms with Gasteiger partial charge in [0.1, 0.15) is 5.82 Å². The summed E-state index contributed by atoms with van der Waals surface area (Å²) in [7, 11) is 3.91. The molecule has 4 heteroatoms. The molecule has 0 spiro atoms. The van der Waals surface area contributed by atoms with Crippen LogP contribution in [0.4, 0.5) is 10.1 Å². The van der Waals surface area contributed by atoms with E-state index in [4.69, 9.17) is 0 Å². The van der Waals surface area contributed by atoms with Gasteiger partial charge in [0.15, 0.2) is 0 Å². The summed E-state index contributed by atoms with van der Waals surface area (Å²) in [4.78, 5) is 2.18. The molecule has 19 heavy (non-hydrogen) atoms. The fourth-order valence-corrected chi connectivity index (χ4v) is 2.70. The van der Waals surface area contributed by atoms with Gasteiger partial charge in [-0.2, -0.15) is 11.8 Å². The van der Waals surface area contributed by atoms with Gasteiger partial charge in [0, 0.05) is 30.4 Å². The van der Waals surface area contributed by atoms with Crippen LogP contribution < -0.4 is 10.2 Å². The first-order chi connectivity index (χ1) is 9.02. The SMILES string of the molecule is CNC(C)c1c(F)cccc1N(C)C(C)CCSC. The molecule has 2 unspecified atom stereocenters. The van der Waals surface area contributed by atoms with E-state index in [1.54, 1.807) is 6.07 Å². The minimum Gasteiger partial charge on any atom is -0.372 e. The maximum atomic E-state index is 14.1. The molecule has 0 bridgehead atoms. The van der Waals surface area contributed by atoms with Crippen molar-refractivity contribution in [1.82, 2.24) is 5.32 Å². The molecule has 1 aromatic carbocycles. The van der Waals surface area contributed by atoms with Gasteiger partial charge in [-0.05, 0) is 51.5 Å². The average molecular weight is 284 g/mol. The molecule has 1 aromatic rings. The predicted octanol–water partition coefficient (Wildman–Crippen LogP) is 3.68. The third kappa shape index (κ3) is 4.11. The highest BCUT2D eigenvalue weighted by atomic mass is 32.2. The normalized spacial score (nSPS) is 14.2. The lowest BCUT2D eigenvalue weighted by Gasteiger charge is -2.30. The molecule has 0 heterocycles. The molecule has 1 N–H and O–H groups in total. The summed E-state index contributed by atoms with van der Waals surface area (Å²) in [5, 5.41) is 3.13. The van der Waals surface area contributed by atoms with Crippen LogP contribution in [0.15, 0.2) is 18.2 Å². The van der Waals surface area contributed by atoms with Gasteiger partial charge in [0.25, 0.3) is 0 Å². The number of rotatable bonds is 7. The van der Waals surface area contributed by atoms with E-state index >= 15 is 0 Å². The molecule has 2 atom stereocenters. The Balaban J connectivity index is 3.01. The molecule has 0 aliphatic heterocycles. The highest BCUT2D eigenvalue weighted by Crippen LogP contribution is 2.29. The van der Waals surface area contributed by atoms with Crippen LogP contribution in [-0.2, 0) is 0 Å². The topological polar surface area (TPSA) is 15.3 Å². The van der Waals surface area contributed by atoms with Gasteiger partial charge in [-0.1, -0.05) is 6.07 Å². The largest absolute Gasteiger partial charge is 0.372 e. The van der Waals surface area contributed by atoms with Gasteiger partial charge in [0.2, 0.25) is 0 Å². The number of nitrogens with one attached hydrogen (secondary N) is 1. The van der Waals surface area contributed by atoms with Crippen LogP contribution in [0.3, 0.4) is 0 Å². The summed E-state index contributed by atoms with van der Waals surface area (Å²) in [6.07, 6.45) is 3.21. The van der Waals surface area contributed by atoms with Gasteiger partial charge in [-0.25, -0.2) is 4.39 Å². The molecule has 0 fully saturated rings. The third-order valence-corrected chi connectivity index (χ3v) is 4.32. The van der Waals surface area contributed by atoms with Gasteiger partial charge in [-0.15, -0.1) is 0 Å². The van der Waals surface area contributed by atoms with Crippen molar-refractivity contribution in [3.63, 3.8) is 0 Å². The second-order valence-electron chi connectivity index (χ2n) is 4.92. The van der Waals surface area contributed by atoms with Gasteiger partial charge >= 0.3 is 0 Å². The van der Waals surface area contributed by atoms with Gasteiger partial charge in [0.05, 0.1) is 0 Å². The highest BCUT2D eigenvalue weighted by Gasteiger charge is 2.19. The number of thioether (sulfide) groups is 1. The highest BCUT2D eigenvalue weighted by molar-refractivity contribution is 7.98. The van der Waals surface area contributed by atoms with Crippen LogP contribution in [0.2, 0.25) is 0 Å². The maximum Gasteiger partial charge on any atom is 0.130 e. The summed E-state index contributed by atoms with van der Waals surface area (Å²) in [5.74, 6) is 0.987. The lowest BCUT2D eigenvalue weighted by Crippen LogP contribution is -2.31. The lowest BCUT2D eigenvalue weighted by atomic mass is 10.0. The Bertz CT molecular complexity index is 398. The van der Waals surface area contributed by atoms with Crippen molar-refractivity contribution in [3.8, 4) is 0 Å². The van der Waals surface area contributed by atoms with Crippen molar-refractivity contribution in [2.75, 3.05) is 31.0 Å². The number of hydrogen-bond acceptors (Lipinski definition) is 3. The molecule has 108 valence electrons. The molecule has 0 saturated heterocycles. The van der Waals surface area contributed by atoms with Crippen molar-refractivity contribution < 1.29 is 4.39 Å². The molecular weight excluding hydrogens is 259 g/mol. The molecule has 0 aliphatic rings. The summed E-state index contributed by atoms with van der Waals surface area (Å²) in [6, 6.07) is 5.73. The molecule has 0 aromatic heterocycles. The predicted molar refractivity (Wildman–Crippen MR) is 84.7 cm³/mol. The van der Waals surface area contributed by atoms with Crippen molar-refractivity contribution in [2.24, 2.45) is 0 Å². The minimum absolute atomic E-state index is 0.00593. The molecule has 0 aliphatic carbocycles. The van der Waals surface area contributed by atoms with Crippen molar-refractivity contribution in [2.45, 2.75) is 32.4 Å². The lowest BCUT2D eigenvalue weighted by molar-refractivity contribution is 0.556. The molecule has 1 rings (SSSR count). The molecule has 2 nitrogen and oxygen atoms in total. The van der Waals surface area contributed by atoms with Crippen LogP contribution in [0.25, 0.3) is 0 Å². The first kappa shape index (κ1) is 16.3. The van der Waals surface area contributed by atoms with E-state index in [1.807, 2.05) is 38.8 Å². The second-order valence-corrected chi connectivity index (χ2v) is 5.91. The fourth-order valence-electron chi connectivity index (χ4n) is 2.13. The first-order valence-corrected chi connectivity index (χ1v) is 8.09. The molecular formula is C15H25FN2S. The quantitative estimate of drug-likeness (QED) is 0.822. The molecule has 0 amide bonds. The Morgan fingerprint density at radius 1 is 1.37 bits per heavy atom. The monoisotopic (exact) mass is 284 g/mol. The Morgan fingerprint density at radius 2 is 2.05 bits per heavy atom. The number of benzene rings is 1. The van der Waals surface area contributed by atoms with Crippen molar-refractivity contribution in [3.05, 3.63) is 29.6 Å². The zero-order chi connectivity index (χ0) is 14.4. The summed E-state index contributed by atoms with van der Waals surface area (Å²) in [5.41, 5.74) is 1.74. The number of nitrogens with zero attached hydrogens (tertiary/aromatic N) is 1. The van der Waals surface area contributed by atoms with Crippen LogP contribution in [0.1, 0.15) is 31.9 Å². The van der Waals surface area contributed by atoms with E-state index in [-0.39, 0.29) is 11.9 Å². The van der Waals surface area contributed by atoms with Crippen molar-refractivity contribution in [1.29, 1.82) is 0 Å². The van der Waals surface area contributed by atoms with Gasteiger partial charge in [-0.3, -0.25) is 0 Å². The second kappa shape index (κ2) is 7.75.